The Balaban J connectivity index is 1.26. The number of thiocarbonyl (C=S) groups is 1. The van der Waals surface area contributed by atoms with Crippen LogP contribution < -0.4 is 5.32 Å². The number of benzene rings is 2. The minimum atomic E-state index is -0.668. The smallest absolute Gasteiger partial charge is 0.408 e. The van der Waals surface area contributed by atoms with E-state index in [0.29, 0.717) is 48.6 Å². The highest BCUT2D eigenvalue weighted by molar-refractivity contribution is 7.80. The fraction of sp³-hybridized carbons (Fsp3) is 0.333. The van der Waals surface area contributed by atoms with Crippen molar-refractivity contribution in [2.75, 3.05) is 19.6 Å². The van der Waals surface area contributed by atoms with E-state index < -0.39 is 11.6 Å². The van der Waals surface area contributed by atoms with Crippen molar-refractivity contribution >= 4 is 35.1 Å². The molecule has 2 aliphatic rings. The molecule has 166 valence electrons. The maximum absolute atomic E-state index is 12.5. The van der Waals surface area contributed by atoms with E-state index in [1.54, 1.807) is 24.3 Å². The Morgan fingerprint density at radius 3 is 2.31 bits per heavy atom. The van der Waals surface area contributed by atoms with Gasteiger partial charge in [-0.15, -0.1) is 0 Å². The summed E-state index contributed by atoms with van der Waals surface area (Å²) < 4.78 is 5.33. The van der Waals surface area contributed by atoms with Gasteiger partial charge in [-0.25, -0.2) is 4.79 Å². The van der Waals surface area contributed by atoms with Crippen molar-refractivity contribution in [2.24, 2.45) is 0 Å². The molecule has 0 bridgehead atoms. The van der Waals surface area contributed by atoms with Gasteiger partial charge in [0.2, 0.25) is 0 Å². The van der Waals surface area contributed by atoms with E-state index in [9.17, 15) is 14.4 Å². The van der Waals surface area contributed by atoms with Crippen molar-refractivity contribution < 1.29 is 19.1 Å². The predicted molar refractivity (Wildman–Crippen MR) is 123 cm³/mol. The fourth-order valence-corrected chi connectivity index (χ4v) is 4.43. The van der Waals surface area contributed by atoms with E-state index in [0.717, 1.165) is 5.56 Å². The summed E-state index contributed by atoms with van der Waals surface area (Å²) in [5, 5.41) is 2.90. The molecule has 8 heteroatoms. The van der Waals surface area contributed by atoms with Gasteiger partial charge in [0.05, 0.1) is 16.7 Å². The highest BCUT2D eigenvalue weighted by Gasteiger charge is 2.41. The Morgan fingerprint density at radius 2 is 1.66 bits per heavy atom. The molecule has 1 atom stereocenters. The third-order valence-electron chi connectivity index (χ3n) is 5.92. The van der Waals surface area contributed by atoms with E-state index in [-0.39, 0.29) is 18.4 Å². The summed E-state index contributed by atoms with van der Waals surface area (Å²) in [5.41, 5.74) is 1.16. The number of nitrogens with one attached hydrogen (secondary N) is 1. The number of alkyl carbamates (subject to hydrolysis) is 1. The van der Waals surface area contributed by atoms with Gasteiger partial charge in [-0.05, 0) is 37.5 Å². The maximum Gasteiger partial charge on any atom is 0.408 e. The lowest BCUT2D eigenvalue weighted by molar-refractivity contribution is 0.0650. The number of fused-ring (bicyclic) bond motifs is 1. The van der Waals surface area contributed by atoms with Gasteiger partial charge in [-0.2, -0.15) is 0 Å². The van der Waals surface area contributed by atoms with E-state index >= 15 is 0 Å². The largest absolute Gasteiger partial charge is 0.445 e. The summed E-state index contributed by atoms with van der Waals surface area (Å²) in [7, 11) is 0. The third kappa shape index (κ3) is 4.36. The SMILES string of the molecule is C[C@@]1(NC(=O)OCc2ccccc2)CCN(CCCN2C(=O)c3ccccc3C2=O)C1=S. The molecule has 2 aromatic carbocycles. The summed E-state index contributed by atoms with van der Waals surface area (Å²) in [6, 6.07) is 16.4. The maximum atomic E-state index is 12.5. The quantitative estimate of drug-likeness (QED) is 0.514. The Labute approximate surface area is 192 Å². The first-order valence-corrected chi connectivity index (χ1v) is 11.0. The molecular formula is C24H25N3O4S. The molecular weight excluding hydrogens is 426 g/mol. The van der Waals surface area contributed by atoms with Crippen molar-refractivity contribution in [3.63, 3.8) is 0 Å². The number of carbonyl (C=O) groups is 3. The lowest BCUT2D eigenvalue weighted by Crippen LogP contribution is -2.51. The first-order chi connectivity index (χ1) is 15.4. The van der Waals surface area contributed by atoms with Gasteiger partial charge in [0.1, 0.15) is 11.6 Å². The third-order valence-corrected chi connectivity index (χ3v) is 6.63. The molecule has 0 unspecified atom stereocenters. The predicted octanol–water partition coefficient (Wildman–Crippen LogP) is 3.39. The van der Waals surface area contributed by atoms with Gasteiger partial charge >= 0.3 is 6.09 Å². The van der Waals surface area contributed by atoms with Crippen LogP contribution in [0.2, 0.25) is 0 Å². The summed E-state index contributed by atoms with van der Waals surface area (Å²) >= 11 is 5.63. The molecule has 0 aliphatic carbocycles. The Hall–Kier alpha value is -3.26. The van der Waals surface area contributed by atoms with Crippen LogP contribution in [0.15, 0.2) is 54.6 Å². The zero-order valence-corrected chi connectivity index (χ0v) is 18.7. The molecule has 0 aromatic heterocycles. The number of carbonyl (C=O) groups excluding carboxylic acids is 3. The van der Waals surface area contributed by atoms with E-state index in [1.165, 1.54) is 4.90 Å². The molecule has 0 radical (unpaired) electrons. The van der Waals surface area contributed by atoms with Crippen molar-refractivity contribution in [3.05, 3.63) is 71.3 Å². The van der Waals surface area contributed by atoms with Crippen molar-refractivity contribution in [1.82, 2.24) is 15.1 Å². The zero-order valence-electron chi connectivity index (χ0n) is 17.9. The molecule has 2 heterocycles. The molecule has 4 rings (SSSR count). The standard InChI is InChI=1S/C24H25N3O4S/c1-24(25-23(30)31-16-17-8-3-2-4-9-17)12-15-26(22(24)32)13-7-14-27-20(28)18-10-5-6-11-19(18)21(27)29/h2-6,8-11H,7,12-16H2,1H3,(H,25,30)/t24-/m1/s1. The average molecular weight is 452 g/mol. The summed E-state index contributed by atoms with van der Waals surface area (Å²) in [5.74, 6) is -0.496. The monoisotopic (exact) mass is 451 g/mol. The first kappa shape index (κ1) is 22.0. The van der Waals surface area contributed by atoms with Crippen LogP contribution in [-0.4, -0.2) is 57.9 Å². The van der Waals surface area contributed by atoms with Crippen molar-refractivity contribution in [2.45, 2.75) is 31.9 Å². The van der Waals surface area contributed by atoms with Crippen LogP contribution in [0.3, 0.4) is 0 Å². The number of nitrogens with zero attached hydrogens (tertiary/aromatic N) is 2. The van der Waals surface area contributed by atoms with Crippen LogP contribution in [0, 0.1) is 0 Å². The number of amides is 3. The minimum Gasteiger partial charge on any atom is -0.445 e. The highest BCUT2D eigenvalue weighted by atomic mass is 32.1. The zero-order chi connectivity index (χ0) is 22.7. The van der Waals surface area contributed by atoms with Crippen LogP contribution in [0.4, 0.5) is 4.79 Å². The topological polar surface area (TPSA) is 79.0 Å². The van der Waals surface area contributed by atoms with Crippen LogP contribution in [0.1, 0.15) is 46.0 Å². The van der Waals surface area contributed by atoms with Gasteiger partial charge < -0.3 is 15.0 Å². The van der Waals surface area contributed by atoms with Gasteiger partial charge in [0.25, 0.3) is 11.8 Å². The number of hydrogen-bond donors (Lipinski definition) is 1. The second-order valence-corrected chi connectivity index (χ2v) is 8.61. The lowest BCUT2D eigenvalue weighted by atomic mass is 10.0. The van der Waals surface area contributed by atoms with Gasteiger partial charge in [-0.3, -0.25) is 14.5 Å². The highest BCUT2D eigenvalue weighted by Crippen LogP contribution is 2.26. The Bertz CT molecular complexity index is 1020. The lowest BCUT2D eigenvalue weighted by Gasteiger charge is -2.27. The number of rotatable bonds is 7. The van der Waals surface area contributed by atoms with Crippen molar-refractivity contribution in [1.29, 1.82) is 0 Å². The average Bonchev–Trinajstić information content (AvgIpc) is 3.21. The van der Waals surface area contributed by atoms with Gasteiger partial charge in [0, 0.05) is 19.6 Å². The molecule has 1 fully saturated rings. The van der Waals surface area contributed by atoms with Crippen LogP contribution in [0.5, 0.6) is 0 Å². The number of ether oxygens (including phenoxy) is 1. The van der Waals surface area contributed by atoms with E-state index in [2.05, 4.69) is 5.32 Å². The van der Waals surface area contributed by atoms with Gasteiger partial charge in [0.15, 0.2) is 0 Å². The Morgan fingerprint density at radius 1 is 1.03 bits per heavy atom. The number of imide groups is 1. The number of likely N-dealkylation sites (tertiary alicyclic amines) is 1. The Kier molecular flexibility index (Phi) is 6.23. The molecule has 2 aromatic rings. The van der Waals surface area contributed by atoms with E-state index in [4.69, 9.17) is 17.0 Å². The molecule has 7 nitrogen and oxygen atoms in total. The molecule has 2 aliphatic heterocycles. The minimum absolute atomic E-state index is 0.194. The molecule has 1 N–H and O–H groups in total. The van der Waals surface area contributed by atoms with Crippen LogP contribution in [0.25, 0.3) is 0 Å². The molecule has 0 spiro atoms. The second-order valence-electron chi connectivity index (χ2n) is 8.22. The normalized spacial score (nSPS) is 20.0. The number of hydrogen-bond acceptors (Lipinski definition) is 5. The summed E-state index contributed by atoms with van der Waals surface area (Å²) in [6.45, 7) is 3.70. The molecule has 3 amide bonds. The van der Waals surface area contributed by atoms with E-state index in [1.807, 2.05) is 42.2 Å². The fourth-order valence-electron chi connectivity index (χ4n) is 4.09. The van der Waals surface area contributed by atoms with Gasteiger partial charge in [-0.1, -0.05) is 54.7 Å². The molecule has 1 saturated heterocycles. The first-order valence-electron chi connectivity index (χ1n) is 10.6. The van der Waals surface area contributed by atoms with Crippen LogP contribution >= 0.6 is 12.2 Å². The van der Waals surface area contributed by atoms with Crippen LogP contribution in [-0.2, 0) is 11.3 Å². The summed E-state index contributed by atoms with van der Waals surface area (Å²) in [4.78, 5) is 41.2. The summed E-state index contributed by atoms with van der Waals surface area (Å²) in [6.07, 6.45) is 0.756. The second kappa shape index (κ2) is 9.08. The molecule has 32 heavy (non-hydrogen) atoms. The molecule has 0 saturated carbocycles. The van der Waals surface area contributed by atoms with Crippen molar-refractivity contribution in [3.8, 4) is 0 Å².